The lowest BCUT2D eigenvalue weighted by Gasteiger charge is -2.36. The lowest BCUT2D eigenvalue weighted by Crippen LogP contribution is -2.56. The molecule has 3 rings (SSSR count). The van der Waals surface area contributed by atoms with E-state index in [0.717, 1.165) is 43.6 Å². The first kappa shape index (κ1) is 13.1. The second kappa shape index (κ2) is 4.90. The predicted molar refractivity (Wildman–Crippen MR) is 77.4 cm³/mol. The molecule has 0 bridgehead atoms. The molecular weight excluding hydrogens is 254 g/mol. The maximum atomic E-state index is 12.0. The van der Waals surface area contributed by atoms with E-state index in [-0.39, 0.29) is 11.8 Å². The van der Waals surface area contributed by atoms with Crippen LogP contribution in [-0.2, 0) is 9.59 Å². The Balaban J connectivity index is 1.67. The van der Waals surface area contributed by atoms with Gasteiger partial charge in [-0.05, 0) is 49.9 Å². The van der Waals surface area contributed by atoms with Gasteiger partial charge in [0.25, 0.3) is 0 Å². The Labute approximate surface area is 118 Å². The van der Waals surface area contributed by atoms with Gasteiger partial charge in [-0.1, -0.05) is 0 Å². The summed E-state index contributed by atoms with van der Waals surface area (Å²) in [6.07, 6.45) is 4.04. The first-order valence-electron chi connectivity index (χ1n) is 7.09. The molecule has 1 heterocycles. The largest absolute Gasteiger partial charge is 0.324 e. The van der Waals surface area contributed by atoms with Crippen molar-refractivity contribution in [3.8, 4) is 0 Å². The summed E-state index contributed by atoms with van der Waals surface area (Å²) in [5.74, 6) is 0.0471. The maximum Gasteiger partial charge on any atom is 0.244 e. The number of nitrogens with two attached hydrogens (primary N) is 1. The Hall–Kier alpha value is -1.88. The van der Waals surface area contributed by atoms with Gasteiger partial charge in [-0.2, -0.15) is 0 Å². The van der Waals surface area contributed by atoms with Gasteiger partial charge in [-0.15, -0.1) is 0 Å². The second-order valence-electron chi connectivity index (χ2n) is 5.66. The molecule has 3 N–H and O–H groups in total. The molecule has 0 radical (unpaired) electrons. The van der Waals surface area contributed by atoms with Crippen LogP contribution in [0.15, 0.2) is 24.3 Å². The monoisotopic (exact) mass is 273 g/mol. The van der Waals surface area contributed by atoms with Crippen LogP contribution in [0.1, 0.15) is 32.1 Å². The Morgan fingerprint density at radius 3 is 2.40 bits per heavy atom. The van der Waals surface area contributed by atoms with Crippen molar-refractivity contribution >= 4 is 23.2 Å². The Kier molecular flexibility index (Phi) is 3.22. The quantitative estimate of drug-likeness (QED) is 0.879. The standard InChI is InChI=1S/C15H19N3O2/c16-15(8-2-9-15)14(20)17-11-4-6-12(7-5-11)18-10-1-3-13(18)19/h4-7H,1-3,8-10,16H2,(H,17,20). The smallest absolute Gasteiger partial charge is 0.244 e. The van der Waals surface area contributed by atoms with E-state index in [2.05, 4.69) is 5.32 Å². The van der Waals surface area contributed by atoms with Crippen LogP contribution in [-0.4, -0.2) is 23.9 Å². The highest BCUT2D eigenvalue weighted by molar-refractivity contribution is 5.99. The molecule has 1 aromatic rings. The fourth-order valence-corrected chi connectivity index (χ4v) is 2.69. The zero-order valence-corrected chi connectivity index (χ0v) is 11.4. The van der Waals surface area contributed by atoms with Gasteiger partial charge in [0.05, 0.1) is 5.54 Å². The molecule has 106 valence electrons. The number of hydrogen-bond acceptors (Lipinski definition) is 3. The van der Waals surface area contributed by atoms with Crippen molar-refractivity contribution in [1.29, 1.82) is 0 Å². The summed E-state index contributed by atoms with van der Waals surface area (Å²) in [5, 5.41) is 2.85. The van der Waals surface area contributed by atoms with Crippen LogP contribution in [0, 0.1) is 0 Å². The van der Waals surface area contributed by atoms with Gasteiger partial charge in [-0.25, -0.2) is 0 Å². The minimum absolute atomic E-state index is 0.117. The van der Waals surface area contributed by atoms with Crippen molar-refractivity contribution in [2.75, 3.05) is 16.8 Å². The minimum atomic E-state index is -0.691. The fourth-order valence-electron chi connectivity index (χ4n) is 2.69. The number of carbonyl (C=O) groups excluding carboxylic acids is 2. The van der Waals surface area contributed by atoms with Crippen molar-refractivity contribution in [3.63, 3.8) is 0 Å². The summed E-state index contributed by atoms with van der Waals surface area (Å²) in [4.78, 5) is 25.4. The van der Waals surface area contributed by atoms with Gasteiger partial charge in [0, 0.05) is 24.3 Å². The third-order valence-electron chi connectivity index (χ3n) is 4.21. The van der Waals surface area contributed by atoms with Crippen molar-refractivity contribution in [2.24, 2.45) is 5.73 Å². The number of nitrogens with zero attached hydrogens (tertiary/aromatic N) is 1. The molecule has 0 atom stereocenters. The van der Waals surface area contributed by atoms with Crippen LogP contribution in [0.5, 0.6) is 0 Å². The summed E-state index contributed by atoms with van der Waals surface area (Å²) in [6, 6.07) is 7.37. The molecule has 2 aliphatic rings. The van der Waals surface area contributed by atoms with Crippen LogP contribution in [0.2, 0.25) is 0 Å². The van der Waals surface area contributed by atoms with E-state index in [9.17, 15) is 9.59 Å². The van der Waals surface area contributed by atoms with Crippen molar-refractivity contribution < 1.29 is 9.59 Å². The van der Waals surface area contributed by atoms with E-state index in [1.54, 1.807) is 4.90 Å². The molecule has 1 aliphatic heterocycles. The van der Waals surface area contributed by atoms with Gasteiger partial charge in [-0.3, -0.25) is 9.59 Å². The Morgan fingerprint density at radius 2 is 1.90 bits per heavy atom. The minimum Gasteiger partial charge on any atom is -0.324 e. The Bertz CT molecular complexity index is 535. The van der Waals surface area contributed by atoms with Gasteiger partial charge in [0.1, 0.15) is 0 Å². The molecule has 0 spiro atoms. The average molecular weight is 273 g/mol. The number of carbonyl (C=O) groups is 2. The predicted octanol–water partition coefficient (Wildman–Crippen LogP) is 1.63. The summed E-state index contributed by atoms with van der Waals surface area (Å²) in [6.45, 7) is 0.774. The molecule has 5 heteroatoms. The zero-order valence-electron chi connectivity index (χ0n) is 11.4. The topological polar surface area (TPSA) is 75.4 Å². The molecule has 1 aromatic carbocycles. The fraction of sp³-hybridized carbons (Fsp3) is 0.467. The van der Waals surface area contributed by atoms with Crippen LogP contribution in [0.3, 0.4) is 0 Å². The lowest BCUT2D eigenvalue weighted by molar-refractivity contribution is -0.123. The van der Waals surface area contributed by atoms with Crippen molar-refractivity contribution in [3.05, 3.63) is 24.3 Å². The number of benzene rings is 1. The number of nitrogens with one attached hydrogen (secondary N) is 1. The number of anilines is 2. The highest BCUT2D eigenvalue weighted by atomic mass is 16.2. The van der Waals surface area contributed by atoms with Crippen LogP contribution in [0.4, 0.5) is 11.4 Å². The molecular formula is C15H19N3O2. The van der Waals surface area contributed by atoms with E-state index < -0.39 is 5.54 Å². The average Bonchev–Trinajstić information content (AvgIpc) is 2.83. The normalized spacial score (nSPS) is 20.6. The van der Waals surface area contributed by atoms with E-state index >= 15 is 0 Å². The van der Waals surface area contributed by atoms with E-state index in [0.29, 0.717) is 6.42 Å². The summed E-state index contributed by atoms with van der Waals surface area (Å²) in [7, 11) is 0. The van der Waals surface area contributed by atoms with Gasteiger partial charge < -0.3 is 16.0 Å². The molecule has 0 unspecified atom stereocenters. The molecule has 1 saturated heterocycles. The third-order valence-corrected chi connectivity index (χ3v) is 4.21. The van der Waals surface area contributed by atoms with Gasteiger partial charge >= 0.3 is 0 Å². The summed E-state index contributed by atoms with van der Waals surface area (Å²) >= 11 is 0. The van der Waals surface area contributed by atoms with Gasteiger partial charge in [0.2, 0.25) is 11.8 Å². The molecule has 2 amide bonds. The van der Waals surface area contributed by atoms with E-state index in [4.69, 9.17) is 5.73 Å². The second-order valence-corrected chi connectivity index (χ2v) is 5.66. The van der Waals surface area contributed by atoms with Crippen LogP contribution >= 0.6 is 0 Å². The highest BCUT2D eigenvalue weighted by Crippen LogP contribution is 2.30. The van der Waals surface area contributed by atoms with Gasteiger partial charge in [0.15, 0.2) is 0 Å². The molecule has 20 heavy (non-hydrogen) atoms. The third kappa shape index (κ3) is 2.29. The maximum absolute atomic E-state index is 12.0. The van der Waals surface area contributed by atoms with Crippen LogP contribution in [0.25, 0.3) is 0 Å². The number of amides is 2. The summed E-state index contributed by atoms with van der Waals surface area (Å²) in [5.41, 5.74) is 6.90. The van der Waals surface area contributed by atoms with E-state index in [1.165, 1.54) is 0 Å². The number of rotatable bonds is 3. The van der Waals surface area contributed by atoms with Crippen molar-refractivity contribution in [1.82, 2.24) is 0 Å². The Morgan fingerprint density at radius 1 is 1.20 bits per heavy atom. The lowest BCUT2D eigenvalue weighted by atomic mass is 9.77. The molecule has 0 aromatic heterocycles. The first-order valence-corrected chi connectivity index (χ1v) is 7.09. The molecule has 1 aliphatic carbocycles. The molecule has 5 nitrogen and oxygen atoms in total. The zero-order chi connectivity index (χ0) is 14.2. The molecule has 2 fully saturated rings. The first-order chi connectivity index (χ1) is 9.58. The van der Waals surface area contributed by atoms with Crippen LogP contribution < -0.4 is 16.0 Å². The SMILES string of the molecule is NC1(C(=O)Nc2ccc(N3CCCC3=O)cc2)CCC1. The molecule has 1 saturated carbocycles. The highest BCUT2D eigenvalue weighted by Gasteiger charge is 2.40. The summed E-state index contributed by atoms with van der Waals surface area (Å²) < 4.78 is 0. The van der Waals surface area contributed by atoms with Crippen molar-refractivity contribution in [2.45, 2.75) is 37.6 Å². The number of hydrogen-bond donors (Lipinski definition) is 2. The van der Waals surface area contributed by atoms with E-state index in [1.807, 2.05) is 24.3 Å².